The van der Waals surface area contributed by atoms with E-state index >= 15 is 0 Å². The van der Waals surface area contributed by atoms with Gasteiger partial charge in [0.1, 0.15) is 12.1 Å². The Hall–Kier alpha value is -3.59. The highest BCUT2D eigenvalue weighted by atomic mass is 32.1. The Bertz CT molecular complexity index is 1430. The summed E-state index contributed by atoms with van der Waals surface area (Å²) in [6.45, 7) is 6.55. The normalized spacial score (nSPS) is 12.7. The van der Waals surface area contributed by atoms with Crippen LogP contribution in [0.3, 0.4) is 0 Å². The van der Waals surface area contributed by atoms with Gasteiger partial charge in [0.2, 0.25) is 0 Å². The van der Waals surface area contributed by atoms with Crippen molar-refractivity contribution in [3.63, 3.8) is 0 Å². The zero-order valence-corrected chi connectivity index (χ0v) is 20.1. The zero-order valence-electron chi connectivity index (χ0n) is 19.3. The number of thiazole rings is 1. The Balaban J connectivity index is 1.60. The zero-order chi connectivity index (χ0) is 23.8. The van der Waals surface area contributed by atoms with Gasteiger partial charge in [-0.2, -0.15) is 5.10 Å². The van der Waals surface area contributed by atoms with Gasteiger partial charge in [0.05, 0.1) is 18.8 Å². The van der Waals surface area contributed by atoms with Crippen LogP contribution in [0, 0.1) is 0 Å². The highest BCUT2D eigenvalue weighted by Crippen LogP contribution is 2.41. The molecule has 0 spiro atoms. The van der Waals surface area contributed by atoms with Crippen LogP contribution in [-0.2, 0) is 17.8 Å². The lowest BCUT2D eigenvalue weighted by Gasteiger charge is -2.11. The van der Waals surface area contributed by atoms with Crippen LogP contribution in [0.25, 0.3) is 33.2 Å². The molecule has 0 amide bonds. The number of ketones is 1. The molecule has 34 heavy (non-hydrogen) atoms. The van der Waals surface area contributed by atoms with Crippen LogP contribution in [-0.4, -0.2) is 36.7 Å². The average molecular weight is 476 g/mol. The maximum absolute atomic E-state index is 13.1. The van der Waals surface area contributed by atoms with E-state index in [4.69, 9.17) is 9.72 Å². The van der Waals surface area contributed by atoms with Crippen molar-refractivity contribution in [1.29, 1.82) is 0 Å². The van der Waals surface area contributed by atoms with Crippen LogP contribution in [0.1, 0.15) is 38.1 Å². The maximum Gasteiger partial charge on any atom is 0.258 e. The number of rotatable bonds is 6. The van der Waals surface area contributed by atoms with Crippen molar-refractivity contribution in [2.24, 2.45) is 0 Å². The molecule has 4 aromatic rings. The summed E-state index contributed by atoms with van der Waals surface area (Å²) in [4.78, 5) is 35.5. The van der Waals surface area contributed by atoms with E-state index in [2.05, 4.69) is 23.9 Å². The Labute approximate surface area is 200 Å². The van der Waals surface area contributed by atoms with Crippen molar-refractivity contribution in [2.45, 2.75) is 46.2 Å². The molecular formula is C25H25N5O3S. The van der Waals surface area contributed by atoms with Crippen molar-refractivity contribution < 1.29 is 9.53 Å². The van der Waals surface area contributed by atoms with Gasteiger partial charge < -0.3 is 9.30 Å². The molecular weight excluding hydrogens is 450 g/mol. The first-order valence-electron chi connectivity index (χ1n) is 11.3. The molecule has 0 fully saturated rings. The molecule has 4 heterocycles. The number of ether oxygens (including phenoxy) is 1. The lowest BCUT2D eigenvalue weighted by molar-refractivity contribution is -0.119. The number of hydrogen-bond donors (Lipinski definition) is 0. The van der Waals surface area contributed by atoms with E-state index in [1.807, 2.05) is 22.9 Å². The molecule has 0 unspecified atom stereocenters. The van der Waals surface area contributed by atoms with Gasteiger partial charge in [-0.05, 0) is 43.7 Å². The van der Waals surface area contributed by atoms with Gasteiger partial charge in [0.15, 0.2) is 16.6 Å². The number of nitrogens with zero attached hydrogens (tertiary/aromatic N) is 5. The van der Waals surface area contributed by atoms with Crippen LogP contribution >= 0.6 is 11.3 Å². The lowest BCUT2D eigenvalue weighted by Crippen LogP contribution is -2.24. The van der Waals surface area contributed by atoms with E-state index in [0.717, 1.165) is 44.7 Å². The molecule has 0 saturated heterocycles. The first kappa shape index (κ1) is 22.2. The lowest BCUT2D eigenvalue weighted by atomic mass is 10.0. The molecule has 0 aliphatic carbocycles. The van der Waals surface area contributed by atoms with Crippen LogP contribution in [0.2, 0.25) is 0 Å². The smallest absolute Gasteiger partial charge is 0.258 e. The second-order valence-electron chi connectivity index (χ2n) is 8.47. The highest BCUT2D eigenvalue weighted by Gasteiger charge is 2.24. The average Bonchev–Trinajstić information content (AvgIpc) is 3.45. The van der Waals surface area contributed by atoms with Gasteiger partial charge in [-0.3, -0.25) is 9.59 Å². The number of fused-ring (bicyclic) bond motifs is 3. The van der Waals surface area contributed by atoms with Gasteiger partial charge in [0.25, 0.3) is 5.56 Å². The number of hydrogen-bond acceptors (Lipinski definition) is 7. The Morgan fingerprint density at radius 3 is 2.88 bits per heavy atom. The number of carbonyl (C=O) groups is 1. The van der Waals surface area contributed by atoms with Gasteiger partial charge in [-0.25, -0.2) is 14.6 Å². The summed E-state index contributed by atoms with van der Waals surface area (Å²) in [6, 6.07) is 9.49. The van der Waals surface area contributed by atoms with Crippen molar-refractivity contribution in [3.05, 3.63) is 58.1 Å². The third-order valence-electron chi connectivity index (χ3n) is 5.84. The van der Waals surface area contributed by atoms with Crippen LogP contribution in [0.15, 0.2) is 47.7 Å². The summed E-state index contributed by atoms with van der Waals surface area (Å²) in [5.74, 6) is 1.50. The summed E-state index contributed by atoms with van der Waals surface area (Å²) in [5, 5.41) is 5.16. The van der Waals surface area contributed by atoms with Crippen molar-refractivity contribution in [2.75, 3.05) is 6.61 Å². The fourth-order valence-electron chi connectivity index (χ4n) is 4.05. The molecule has 5 rings (SSSR count). The predicted octanol–water partition coefficient (Wildman–Crippen LogP) is 4.39. The monoisotopic (exact) mass is 475 g/mol. The molecule has 0 N–H and O–H groups in total. The number of benzene rings is 1. The molecule has 0 radical (unpaired) electrons. The Morgan fingerprint density at radius 1 is 1.24 bits per heavy atom. The summed E-state index contributed by atoms with van der Waals surface area (Å²) in [5.41, 5.74) is 2.81. The first-order chi connectivity index (χ1) is 16.5. The van der Waals surface area contributed by atoms with E-state index in [1.165, 1.54) is 4.57 Å². The fraction of sp³-hybridized carbons (Fsp3) is 0.320. The summed E-state index contributed by atoms with van der Waals surface area (Å²) >= 11 is 1.60. The number of aromatic nitrogens is 5. The quantitative estimate of drug-likeness (QED) is 0.411. The second-order valence-corrected chi connectivity index (χ2v) is 9.55. The van der Waals surface area contributed by atoms with Gasteiger partial charge in [-0.1, -0.05) is 13.0 Å². The first-order valence-corrected chi connectivity index (χ1v) is 12.2. The third kappa shape index (κ3) is 3.96. The van der Waals surface area contributed by atoms with Gasteiger partial charge in [0, 0.05) is 41.1 Å². The molecule has 0 atom stereocenters. The molecule has 1 aliphatic heterocycles. The van der Waals surface area contributed by atoms with Crippen LogP contribution in [0.5, 0.6) is 5.75 Å². The molecule has 1 aromatic carbocycles. The second kappa shape index (κ2) is 8.98. The fourth-order valence-corrected chi connectivity index (χ4v) is 5.10. The molecule has 8 nitrogen and oxygen atoms in total. The maximum atomic E-state index is 13.1. The van der Waals surface area contributed by atoms with E-state index in [0.29, 0.717) is 18.6 Å². The minimum atomic E-state index is -0.192. The molecule has 9 heteroatoms. The number of carbonyl (C=O) groups excluding carboxylic acids is 1. The Kier molecular flexibility index (Phi) is 5.87. The Morgan fingerprint density at radius 2 is 2.09 bits per heavy atom. The van der Waals surface area contributed by atoms with Gasteiger partial charge >= 0.3 is 0 Å². The SMILES string of the molecule is CCC(=O)Cn1cccc(-c2ccc3c(c2)-c2nc(-c4ncnn4C(C)C)sc2CCO3)c1=O. The van der Waals surface area contributed by atoms with E-state index in [9.17, 15) is 9.59 Å². The topological polar surface area (TPSA) is 91.9 Å². The number of Topliss-reactive ketones (excluding diaryl/α,β-unsaturated/α-hetero) is 1. The van der Waals surface area contributed by atoms with Crippen LogP contribution < -0.4 is 10.3 Å². The molecule has 1 aliphatic rings. The summed E-state index contributed by atoms with van der Waals surface area (Å²) in [6.07, 6.45) is 4.35. The highest BCUT2D eigenvalue weighted by molar-refractivity contribution is 7.15. The molecule has 174 valence electrons. The summed E-state index contributed by atoms with van der Waals surface area (Å²) in [7, 11) is 0. The van der Waals surface area contributed by atoms with E-state index in [-0.39, 0.29) is 23.9 Å². The van der Waals surface area contributed by atoms with Gasteiger partial charge in [-0.15, -0.1) is 11.3 Å². The third-order valence-corrected chi connectivity index (χ3v) is 6.96. The predicted molar refractivity (Wildman–Crippen MR) is 131 cm³/mol. The molecule has 0 bridgehead atoms. The summed E-state index contributed by atoms with van der Waals surface area (Å²) < 4.78 is 9.34. The van der Waals surface area contributed by atoms with Crippen molar-refractivity contribution in [1.82, 2.24) is 24.3 Å². The minimum absolute atomic E-state index is 0.0171. The standard InChI is InChI=1S/C25H25N5O3S/c1-4-17(31)13-29-10-5-6-18(25(29)32)16-7-8-20-19(12-16)22-21(9-11-33-20)34-24(28-22)23-26-14-27-30(23)15(2)3/h5-8,10,12,14-15H,4,9,11,13H2,1-3H3. The number of pyridine rings is 1. The molecule has 0 saturated carbocycles. The minimum Gasteiger partial charge on any atom is -0.493 e. The van der Waals surface area contributed by atoms with E-state index in [1.54, 1.807) is 42.9 Å². The van der Waals surface area contributed by atoms with Crippen molar-refractivity contribution in [3.8, 4) is 39.0 Å². The van der Waals surface area contributed by atoms with Crippen LogP contribution in [0.4, 0.5) is 0 Å². The van der Waals surface area contributed by atoms with Crippen molar-refractivity contribution >= 4 is 17.1 Å². The largest absolute Gasteiger partial charge is 0.493 e. The van der Waals surface area contributed by atoms with E-state index < -0.39 is 0 Å². The molecule has 3 aromatic heterocycles.